The number of aryl methyl sites for hydroxylation is 1. The Morgan fingerprint density at radius 2 is 1.64 bits per heavy atom. The van der Waals surface area contributed by atoms with E-state index < -0.39 is 35.7 Å². The van der Waals surface area contributed by atoms with E-state index in [-0.39, 0.29) is 31.9 Å². The summed E-state index contributed by atoms with van der Waals surface area (Å²) >= 11 is 0. The first-order valence-electron chi connectivity index (χ1n) is 11.7. The van der Waals surface area contributed by atoms with Crippen molar-refractivity contribution in [2.75, 3.05) is 13.2 Å². The Hall–Kier alpha value is -3.52. The first kappa shape index (κ1) is 25.6. The third kappa shape index (κ3) is 6.57. The molecule has 190 valence electrons. The molecule has 1 fully saturated rings. The summed E-state index contributed by atoms with van der Waals surface area (Å²) in [6.45, 7) is 1.92. The third-order valence-electron chi connectivity index (χ3n) is 6.05. The van der Waals surface area contributed by atoms with Gasteiger partial charge in [0, 0.05) is 17.9 Å². The van der Waals surface area contributed by atoms with E-state index >= 15 is 0 Å². The maximum absolute atomic E-state index is 14.6. The van der Waals surface area contributed by atoms with Crippen molar-refractivity contribution in [1.82, 2.24) is 0 Å². The fraction of sp³-hybridized carbons (Fsp3) is 0.321. The normalized spacial score (nSPS) is 18.4. The van der Waals surface area contributed by atoms with Crippen molar-refractivity contribution in [1.29, 1.82) is 0 Å². The molecule has 3 aromatic rings. The number of cyclic esters (lactones) is 1. The van der Waals surface area contributed by atoms with Crippen LogP contribution in [0.1, 0.15) is 41.9 Å². The molecule has 0 aliphatic carbocycles. The van der Waals surface area contributed by atoms with Gasteiger partial charge in [-0.15, -0.1) is 0 Å². The van der Waals surface area contributed by atoms with Crippen LogP contribution in [0.3, 0.4) is 0 Å². The molecule has 8 heteroatoms. The Kier molecular flexibility index (Phi) is 8.15. The monoisotopic (exact) mass is 500 g/mol. The number of carbonyl (C=O) groups excluding carboxylic acids is 1. The van der Waals surface area contributed by atoms with Crippen LogP contribution in [-0.4, -0.2) is 36.5 Å². The first-order valence-corrected chi connectivity index (χ1v) is 11.7. The fourth-order valence-electron chi connectivity index (χ4n) is 4.37. The maximum Gasteiger partial charge on any atom is 0.308 e. The Balaban J connectivity index is 1.60. The molecule has 3 atom stereocenters. The van der Waals surface area contributed by atoms with Crippen LogP contribution < -0.4 is 9.47 Å². The minimum absolute atomic E-state index is 0.00943. The van der Waals surface area contributed by atoms with Gasteiger partial charge in [-0.1, -0.05) is 12.1 Å². The van der Waals surface area contributed by atoms with Gasteiger partial charge in [0.1, 0.15) is 41.7 Å². The highest BCUT2D eigenvalue weighted by Gasteiger charge is 2.29. The smallest absolute Gasteiger partial charge is 0.308 e. The molecule has 5 nitrogen and oxygen atoms in total. The SMILES string of the molecule is Cc1cc(F)cc(C(CCOc2ccc(F)cc2)c2ccc(F)cc2)c1OC[C@@H]1C[C@@H](O)CC(=O)O1. The average molecular weight is 501 g/mol. The van der Waals surface area contributed by atoms with E-state index in [1.807, 2.05) is 0 Å². The van der Waals surface area contributed by atoms with Gasteiger partial charge >= 0.3 is 5.97 Å². The number of hydrogen-bond donors (Lipinski definition) is 1. The summed E-state index contributed by atoms with van der Waals surface area (Å²) in [7, 11) is 0. The summed E-state index contributed by atoms with van der Waals surface area (Å²) in [4.78, 5) is 11.7. The van der Waals surface area contributed by atoms with Gasteiger partial charge in [-0.2, -0.15) is 0 Å². The Labute approximate surface area is 207 Å². The number of ether oxygens (including phenoxy) is 3. The molecule has 1 N–H and O–H groups in total. The Morgan fingerprint density at radius 1 is 0.972 bits per heavy atom. The summed E-state index contributed by atoms with van der Waals surface area (Å²) in [5, 5.41) is 9.89. The second-order valence-electron chi connectivity index (χ2n) is 8.85. The molecular weight excluding hydrogens is 473 g/mol. The molecule has 3 aromatic carbocycles. The Bertz CT molecular complexity index is 1180. The number of esters is 1. The topological polar surface area (TPSA) is 65.0 Å². The van der Waals surface area contributed by atoms with Crippen LogP contribution in [0.25, 0.3) is 0 Å². The molecule has 1 aliphatic rings. The zero-order valence-electron chi connectivity index (χ0n) is 19.8. The van der Waals surface area contributed by atoms with Crippen LogP contribution in [0.5, 0.6) is 11.5 Å². The van der Waals surface area contributed by atoms with Crippen LogP contribution in [0.4, 0.5) is 13.2 Å². The summed E-state index contributed by atoms with van der Waals surface area (Å²) in [6, 6.07) is 14.3. The van der Waals surface area contributed by atoms with E-state index in [0.29, 0.717) is 29.0 Å². The lowest BCUT2D eigenvalue weighted by Crippen LogP contribution is -2.36. The number of halogens is 3. The predicted octanol–water partition coefficient (Wildman–Crippen LogP) is 5.46. The summed E-state index contributed by atoms with van der Waals surface area (Å²) < 4.78 is 58.5. The number of carbonyl (C=O) groups is 1. The van der Waals surface area contributed by atoms with Crippen molar-refractivity contribution in [3.8, 4) is 11.5 Å². The van der Waals surface area contributed by atoms with Crippen molar-refractivity contribution in [3.63, 3.8) is 0 Å². The van der Waals surface area contributed by atoms with Gasteiger partial charge < -0.3 is 19.3 Å². The molecule has 1 saturated heterocycles. The maximum atomic E-state index is 14.6. The van der Waals surface area contributed by atoms with Crippen LogP contribution in [0, 0.1) is 24.4 Å². The first-order chi connectivity index (χ1) is 17.3. The lowest BCUT2D eigenvalue weighted by molar-refractivity contribution is -0.162. The molecule has 4 rings (SSSR count). The number of rotatable bonds is 9. The zero-order valence-corrected chi connectivity index (χ0v) is 19.8. The van der Waals surface area contributed by atoms with Crippen molar-refractivity contribution in [2.45, 2.75) is 44.3 Å². The van der Waals surface area contributed by atoms with Gasteiger partial charge in [-0.25, -0.2) is 13.2 Å². The van der Waals surface area contributed by atoms with E-state index in [1.54, 1.807) is 19.1 Å². The van der Waals surface area contributed by atoms with E-state index in [9.17, 15) is 23.1 Å². The average Bonchev–Trinajstić information content (AvgIpc) is 2.82. The van der Waals surface area contributed by atoms with Crippen molar-refractivity contribution in [3.05, 3.63) is 94.8 Å². The molecule has 0 spiro atoms. The molecular formula is C28H27F3O5. The van der Waals surface area contributed by atoms with Crippen molar-refractivity contribution in [2.24, 2.45) is 0 Å². The number of hydrogen-bond acceptors (Lipinski definition) is 5. The highest BCUT2D eigenvalue weighted by atomic mass is 19.1. The molecule has 0 amide bonds. The van der Waals surface area contributed by atoms with Gasteiger partial charge in [0.25, 0.3) is 0 Å². The zero-order chi connectivity index (χ0) is 25.7. The predicted molar refractivity (Wildman–Crippen MR) is 127 cm³/mol. The number of benzene rings is 3. The highest BCUT2D eigenvalue weighted by Crippen LogP contribution is 2.38. The largest absolute Gasteiger partial charge is 0.494 e. The highest BCUT2D eigenvalue weighted by molar-refractivity contribution is 5.71. The minimum Gasteiger partial charge on any atom is -0.494 e. The fourth-order valence-corrected chi connectivity index (χ4v) is 4.37. The third-order valence-corrected chi connectivity index (χ3v) is 6.05. The van der Waals surface area contributed by atoms with Gasteiger partial charge in [0.05, 0.1) is 19.1 Å². The van der Waals surface area contributed by atoms with Crippen LogP contribution >= 0.6 is 0 Å². The van der Waals surface area contributed by atoms with Crippen molar-refractivity contribution >= 4 is 5.97 Å². The molecule has 0 bridgehead atoms. The van der Waals surface area contributed by atoms with E-state index in [4.69, 9.17) is 14.2 Å². The molecule has 0 saturated carbocycles. The van der Waals surface area contributed by atoms with Gasteiger partial charge in [-0.3, -0.25) is 4.79 Å². The molecule has 1 heterocycles. The number of aliphatic hydroxyl groups is 1. The summed E-state index contributed by atoms with van der Waals surface area (Å²) in [5.74, 6) is -1.25. The molecule has 1 unspecified atom stereocenters. The second kappa shape index (κ2) is 11.5. The van der Waals surface area contributed by atoms with Crippen LogP contribution in [0.15, 0.2) is 60.7 Å². The van der Waals surface area contributed by atoms with Gasteiger partial charge in [0.2, 0.25) is 0 Å². The van der Waals surface area contributed by atoms with Gasteiger partial charge in [0.15, 0.2) is 0 Å². The molecule has 0 aromatic heterocycles. The second-order valence-corrected chi connectivity index (χ2v) is 8.85. The van der Waals surface area contributed by atoms with Crippen LogP contribution in [0.2, 0.25) is 0 Å². The molecule has 36 heavy (non-hydrogen) atoms. The lowest BCUT2D eigenvalue weighted by Gasteiger charge is -2.28. The molecule has 1 aliphatic heterocycles. The van der Waals surface area contributed by atoms with E-state index in [1.165, 1.54) is 48.5 Å². The van der Waals surface area contributed by atoms with E-state index in [2.05, 4.69) is 0 Å². The Morgan fingerprint density at radius 3 is 2.31 bits per heavy atom. The van der Waals surface area contributed by atoms with Gasteiger partial charge in [-0.05, 0) is 73.0 Å². The van der Waals surface area contributed by atoms with Crippen molar-refractivity contribution < 1.29 is 37.3 Å². The quantitative estimate of drug-likeness (QED) is 0.396. The number of aliphatic hydroxyl groups excluding tert-OH is 1. The lowest BCUT2D eigenvalue weighted by atomic mass is 9.87. The molecule has 0 radical (unpaired) electrons. The summed E-state index contributed by atoms with van der Waals surface area (Å²) in [6.07, 6.45) is -0.861. The van der Waals surface area contributed by atoms with E-state index in [0.717, 1.165) is 5.56 Å². The minimum atomic E-state index is -0.802. The van der Waals surface area contributed by atoms with Crippen LogP contribution in [-0.2, 0) is 9.53 Å². The standard InChI is InChI=1S/C28H27F3O5/c1-17-12-21(31)13-26(28(17)35-16-24-14-22(32)15-27(33)36-24)25(18-2-4-19(29)5-3-18)10-11-34-23-8-6-20(30)7-9-23/h2-9,12-13,22,24-25,32H,10-11,14-16H2,1H3/t22-,24+,25?/m1/s1. The summed E-state index contributed by atoms with van der Waals surface area (Å²) in [5.41, 5.74) is 1.80.